The van der Waals surface area contributed by atoms with Crippen LogP contribution in [0.1, 0.15) is 10.4 Å². The maximum absolute atomic E-state index is 11.1. The van der Waals surface area contributed by atoms with Gasteiger partial charge in [-0.15, -0.1) is 0 Å². The normalized spacial score (nSPS) is 12.4. The quantitative estimate of drug-likeness (QED) is 0.876. The zero-order valence-corrected chi connectivity index (χ0v) is 9.55. The first-order chi connectivity index (χ1) is 8.74. The zero-order valence-electron chi connectivity index (χ0n) is 9.55. The number of hydrogen-bond donors (Lipinski definition) is 1. The van der Waals surface area contributed by atoms with Crippen LogP contribution in [0.3, 0.4) is 0 Å². The topological polar surface area (TPSA) is 61.6 Å². The van der Waals surface area contributed by atoms with Crippen LogP contribution < -0.4 is 15.2 Å². The van der Waals surface area contributed by atoms with Crippen molar-refractivity contribution in [3.8, 4) is 22.6 Å². The molecule has 2 N–H and O–H groups in total. The summed E-state index contributed by atoms with van der Waals surface area (Å²) < 4.78 is 10.6. The number of nitrogens with two attached hydrogens (primary N) is 1. The molecule has 90 valence electrons. The van der Waals surface area contributed by atoms with Crippen molar-refractivity contribution < 1.29 is 14.3 Å². The molecule has 0 bridgehead atoms. The van der Waals surface area contributed by atoms with Gasteiger partial charge in [-0.05, 0) is 35.4 Å². The predicted molar refractivity (Wildman–Crippen MR) is 66.5 cm³/mol. The summed E-state index contributed by atoms with van der Waals surface area (Å²) in [6.45, 7) is 0.250. The van der Waals surface area contributed by atoms with E-state index in [1.807, 2.05) is 24.3 Å². The van der Waals surface area contributed by atoms with E-state index in [0.717, 1.165) is 22.6 Å². The summed E-state index contributed by atoms with van der Waals surface area (Å²) >= 11 is 0. The second kappa shape index (κ2) is 4.07. The molecule has 0 unspecified atom stereocenters. The molecule has 1 heterocycles. The van der Waals surface area contributed by atoms with Crippen molar-refractivity contribution in [3.05, 3.63) is 48.0 Å². The van der Waals surface area contributed by atoms with Crippen molar-refractivity contribution in [2.45, 2.75) is 0 Å². The van der Waals surface area contributed by atoms with E-state index < -0.39 is 5.91 Å². The second-order valence-corrected chi connectivity index (χ2v) is 4.01. The van der Waals surface area contributed by atoms with Crippen molar-refractivity contribution >= 4 is 5.91 Å². The van der Waals surface area contributed by atoms with Gasteiger partial charge in [-0.3, -0.25) is 4.79 Å². The fourth-order valence-electron chi connectivity index (χ4n) is 1.93. The molecule has 2 aromatic rings. The highest BCUT2D eigenvalue weighted by molar-refractivity contribution is 5.94. The molecule has 0 atom stereocenters. The van der Waals surface area contributed by atoms with Crippen LogP contribution in [0.2, 0.25) is 0 Å². The molecule has 1 aliphatic rings. The zero-order chi connectivity index (χ0) is 12.5. The Morgan fingerprint density at radius 1 is 1.00 bits per heavy atom. The fraction of sp³-hybridized carbons (Fsp3) is 0.0714. The van der Waals surface area contributed by atoms with E-state index in [4.69, 9.17) is 15.2 Å². The Hall–Kier alpha value is -2.49. The lowest BCUT2D eigenvalue weighted by Gasteiger charge is -2.04. The molecule has 1 amide bonds. The van der Waals surface area contributed by atoms with Crippen molar-refractivity contribution in [1.82, 2.24) is 0 Å². The highest BCUT2D eigenvalue weighted by Gasteiger charge is 2.14. The largest absolute Gasteiger partial charge is 0.454 e. The maximum Gasteiger partial charge on any atom is 0.248 e. The van der Waals surface area contributed by atoms with E-state index >= 15 is 0 Å². The number of amides is 1. The molecule has 0 aromatic heterocycles. The lowest BCUT2D eigenvalue weighted by Crippen LogP contribution is -2.10. The lowest BCUT2D eigenvalue weighted by molar-refractivity contribution is 0.100. The van der Waals surface area contributed by atoms with E-state index in [0.29, 0.717) is 5.56 Å². The smallest absolute Gasteiger partial charge is 0.248 e. The number of carbonyl (C=O) groups is 1. The standard InChI is InChI=1S/C14H11NO3/c15-14(16)11-3-1-2-9(6-11)10-4-5-12-13(7-10)18-8-17-12/h1-7H,8H2,(H2,15,16). The molecule has 1 aliphatic heterocycles. The van der Waals surface area contributed by atoms with Gasteiger partial charge in [-0.25, -0.2) is 0 Å². The van der Waals surface area contributed by atoms with Crippen LogP contribution in [0.5, 0.6) is 11.5 Å². The number of fused-ring (bicyclic) bond motifs is 1. The summed E-state index contributed by atoms with van der Waals surface area (Å²) in [5.74, 6) is 1.03. The minimum Gasteiger partial charge on any atom is -0.454 e. The molecular weight excluding hydrogens is 230 g/mol. The van der Waals surface area contributed by atoms with E-state index in [2.05, 4.69) is 0 Å². The first-order valence-corrected chi connectivity index (χ1v) is 5.54. The summed E-state index contributed by atoms with van der Waals surface area (Å²) in [4.78, 5) is 11.1. The molecule has 0 saturated heterocycles. The molecule has 0 aliphatic carbocycles. The predicted octanol–water partition coefficient (Wildman–Crippen LogP) is 2.18. The Morgan fingerprint density at radius 2 is 1.78 bits per heavy atom. The lowest BCUT2D eigenvalue weighted by atomic mass is 10.0. The Balaban J connectivity index is 2.04. The van der Waals surface area contributed by atoms with Gasteiger partial charge in [-0.1, -0.05) is 18.2 Å². The van der Waals surface area contributed by atoms with Gasteiger partial charge in [0.05, 0.1) is 0 Å². The molecule has 0 saturated carbocycles. The fourth-order valence-corrected chi connectivity index (χ4v) is 1.93. The van der Waals surface area contributed by atoms with Crippen LogP contribution in [0.4, 0.5) is 0 Å². The minimum absolute atomic E-state index is 0.250. The number of rotatable bonds is 2. The Bertz CT molecular complexity index is 622. The van der Waals surface area contributed by atoms with Gasteiger partial charge in [0.1, 0.15) is 0 Å². The maximum atomic E-state index is 11.1. The molecule has 0 radical (unpaired) electrons. The van der Waals surface area contributed by atoms with Crippen molar-refractivity contribution in [2.24, 2.45) is 5.73 Å². The monoisotopic (exact) mass is 241 g/mol. The highest BCUT2D eigenvalue weighted by atomic mass is 16.7. The molecule has 0 spiro atoms. The Morgan fingerprint density at radius 3 is 2.61 bits per heavy atom. The summed E-state index contributed by atoms with van der Waals surface area (Å²) in [5, 5.41) is 0. The minimum atomic E-state index is -0.433. The van der Waals surface area contributed by atoms with Crippen LogP contribution in [0, 0.1) is 0 Å². The molecule has 4 heteroatoms. The van der Waals surface area contributed by atoms with Gasteiger partial charge in [-0.2, -0.15) is 0 Å². The summed E-state index contributed by atoms with van der Waals surface area (Å²) in [7, 11) is 0. The number of hydrogen-bond acceptors (Lipinski definition) is 3. The van der Waals surface area contributed by atoms with Crippen LogP contribution in [0.15, 0.2) is 42.5 Å². The summed E-state index contributed by atoms with van der Waals surface area (Å²) in [5.41, 5.74) is 7.64. The first kappa shape index (κ1) is 10.7. The van der Waals surface area contributed by atoms with E-state index in [9.17, 15) is 4.79 Å². The van der Waals surface area contributed by atoms with Gasteiger partial charge in [0.25, 0.3) is 0 Å². The van der Waals surface area contributed by atoms with Gasteiger partial charge in [0.15, 0.2) is 11.5 Å². The summed E-state index contributed by atoms with van der Waals surface area (Å²) in [6, 6.07) is 12.9. The molecule has 2 aromatic carbocycles. The molecule has 3 rings (SSSR count). The number of benzene rings is 2. The van der Waals surface area contributed by atoms with E-state index in [-0.39, 0.29) is 6.79 Å². The third kappa shape index (κ3) is 1.78. The van der Waals surface area contributed by atoms with Gasteiger partial charge in [0.2, 0.25) is 12.7 Å². The third-order valence-corrected chi connectivity index (χ3v) is 2.85. The Labute approximate surface area is 104 Å². The summed E-state index contributed by atoms with van der Waals surface area (Å²) in [6.07, 6.45) is 0. The SMILES string of the molecule is NC(=O)c1cccc(-c2ccc3c(c2)OCO3)c1. The van der Waals surface area contributed by atoms with Crippen LogP contribution in [0.25, 0.3) is 11.1 Å². The Kier molecular flexibility index (Phi) is 2.41. The van der Waals surface area contributed by atoms with Crippen molar-refractivity contribution in [2.75, 3.05) is 6.79 Å². The number of primary amides is 1. The van der Waals surface area contributed by atoms with E-state index in [1.165, 1.54) is 0 Å². The van der Waals surface area contributed by atoms with Crippen LogP contribution >= 0.6 is 0 Å². The highest BCUT2D eigenvalue weighted by Crippen LogP contribution is 2.35. The van der Waals surface area contributed by atoms with Crippen molar-refractivity contribution in [3.63, 3.8) is 0 Å². The van der Waals surface area contributed by atoms with Gasteiger partial charge >= 0.3 is 0 Å². The molecular formula is C14H11NO3. The molecule has 4 nitrogen and oxygen atoms in total. The third-order valence-electron chi connectivity index (χ3n) is 2.85. The molecule has 0 fully saturated rings. The number of carbonyl (C=O) groups excluding carboxylic acids is 1. The average molecular weight is 241 g/mol. The van der Waals surface area contributed by atoms with Gasteiger partial charge in [0, 0.05) is 5.56 Å². The first-order valence-electron chi connectivity index (χ1n) is 5.54. The second-order valence-electron chi connectivity index (χ2n) is 4.01. The van der Waals surface area contributed by atoms with Crippen molar-refractivity contribution in [1.29, 1.82) is 0 Å². The number of ether oxygens (including phenoxy) is 2. The van der Waals surface area contributed by atoms with Gasteiger partial charge < -0.3 is 15.2 Å². The van der Waals surface area contributed by atoms with Crippen LogP contribution in [-0.2, 0) is 0 Å². The average Bonchev–Trinajstić information content (AvgIpc) is 2.86. The van der Waals surface area contributed by atoms with Crippen LogP contribution in [-0.4, -0.2) is 12.7 Å². The van der Waals surface area contributed by atoms with E-state index in [1.54, 1.807) is 18.2 Å². The molecule has 18 heavy (non-hydrogen) atoms.